The lowest BCUT2D eigenvalue weighted by Crippen LogP contribution is -2.31. The van der Waals surface area contributed by atoms with E-state index in [9.17, 15) is 14.9 Å². The molecule has 1 atom stereocenters. The number of benzene rings is 2. The van der Waals surface area contributed by atoms with Crippen LogP contribution >= 0.6 is 23.4 Å². The van der Waals surface area contributed by atoms with Crippen molar-refractivity contribution in [3.05, 3.63) is 105 Å². The Morgan fingerprint density at radius 2 is 1.86 bits per heavy atom. The number of halogens is 1. The van der Waals surface area contributed by atoms with Crippen LogP contribution in [-0.4, -0.2) is 17.6 Å². The number of carbonyl (C=O) groups excluding carboxylic acids is 2. The van der Waals surface area contributed by atoms with Crippen LogP contribution in [0.1, 0.15) is 29.7 Å². The van der Waals surface area contributed by atoms with Gasteiger partial charge >= 0.3 is 0 Å². The number of rotatable bonds is 7. The van der Waals surface area contributed by atoms with Crippen LogP contribution in [0.15, 0.2) is 87.1 Å². The van der Waals surface area contributed by atoms with Gasteiger partial charge in [-0.1, -0.05) is 47.6 Å². The first-order chi connectivity index (χ1) is 17.8. The maximum absolute atomic E-state index is 13.5. The molecule has 7 nitrogen and oxygen atoms in total. The van der Waals surface area contributed by atoms with Crippen molar-refractivity contribution in [2.24, 2.45) is 0 Å². The molecule has 0 saturated carbocycles. The minimum absolute atomic E-state index is 0.0436. The first-order valence-corrected chi connectivity index (χ1v) is 12.9. The molecule has 0 unspecified atom stereocenters. The lowest BCUT2D eigenvalue weighted by Gasteiger charge is -2.28. The Balaban J connectivity index is 1.58. The van der Waals surface area contributed by atoms with Crippen LogP contribution in [0.5, 0.6) is 0 Å². The number of hydrogen-bond donors (Lipinski definition) is 3. The van der Waals surface area contributed by atoms with Gasteiger partial charge in [0.1, 0.15) is 5.76 Å². The molecular formula is C28H25ClN4O3S. The number of para-hydroxylation sites is 1. The van der Waals surface area contributed by atoms with Crippen LogP contribution < -0.4 is 16.0 Å². The molecule has 1 aromatic heterocycles. The first kappa shape index (κ1) is 26.1. The van der Waals surface area contributed by atoms with Crippen LogP contribution in [0.2, 0.25) is 5.02 Å². The fraction of sp³-hybridized carbons (Fsp3) is 0.179. The topological polar surface area (TPSA) is 107 Å². The van der Waals surface area contributed by atoms with Crippen molar-refractivity contribution in [1.29, 1.82) is 5.26 Å². The molecule has 1 aliphatic heterocycles. The van der Waals surface area contributed by atoms with Gasteiger partial charge in [0, 0.05) is 22.1 Å². The van der Waals surface area contributed by atoms with Gasteiger partial charge in [0.05, 0.1) is 40.2 Å². The Labute approximate surface area is 224 Å². The molecule has 0 aliphatic carbocycles. The number of hydrogen-bond acceptors (Lipinski definition) is 6. The molecule has 4 rings (SSSR count). The van der Waals surface area contributed by atoms with Crippen LogP contribution in [-0.2, 0) is 9.59 Å². The quantitative estimate of drug-likeness (QED) is 0.331. The third kappa shape index (κ3) is 5.91. The normalized spacial score (nSPS) is 15.2. The molecule has 0 bridgehead atoms. The summed E-state index contributed by atoms with van der Waals surface area (Å²) in [5, 5.41) is 20.1. The predicted molar refractivity (Wildman–Crippen MR) is 147 cm³/mol. The van der Waals surface area contributed by atoms with Crippen LogP contribution in [0.3, 0.4) is 0 Å². The minimum atomic E-state index is -0.730. The standard InChI is InChI=1S/C28H25ClN4O3S/c1-16-10-11-19(13-21(16)29)32-24(34)15-37-28-20(14-30)26(23-9-6-12-36-23)25(18(3)31-28)27(35)33-22-8-5-4-7-17(22)2/h4-13,26,31H,15H2,1-3H3,(H,32,34)(H,33,35)/t26-/m0/s1. The number of nitrogens with one attached hydrogen (secondary N) is 3. The average Bonchev–Trinajstić information content (AvgIpc) is 3.40. The van der Waals surface area contributed by atoms with Gasteiger partial charge in [-0.2, -0.15) is 5.26 Å². The number of dihydropyridines is 1. The second-order valence-corrected chi connectivity index (χ2v) is 9.93. The van der Waals surface area contributed by atoms with E-state index in [4.69, 9.17) is 16.0 Å². The Morgan fingerprint density at radius 1 is 1.08 bits per heavy atom. The molecular weight excluding hydrogens is 508 g/mol. The highest BCUT2D eigenvalue weighted by Crippen LogP contribution is 2.41. The zero-order chi connectivity index (χ0) is 26.5. The molecule has 0 spiro atoms. The molecule has 0 saturated heterocycles. The third-order valence-electron chi connectivity index (χ3n) is 5.92. The average molecular weight is 533 g/mol. The van der Waals surface area contributed by atoms with Crippen molar-refractivity contribution in [3.63, 3.8) is 0 Å². The maximum atomic E-state index is 13.5. The fourth-order valence-corrected chi connectivity index (χ4v) is 5.05. The van der Waals surface area contributed by atoms with Gasteiger partial charge in [-0.25, -0.2) is 0 Å². The van der Waals surface area contributed by atoms with Gasteiger partial charge in [-0.3, -0.25) is 9.59 Å². The fourth-order valence-electron chi connectivity index (χ4n) is 3.98. The summed E-state index contributed by atoms with van der Waals surface area (Å²) in [7, 11) is 0. The van der Waals surface area contributed by atoms with Gasteiger partial charge in [-0.15, -0.1) is 0 Å². The second kappa shape index (κ2) is 11.4. The molecule has 2 amide bonds. The Kier molecular flexibility index (Phi) is 8.07. The SMILES string of the molecule is CC1=C(C(=O)Nc2ccccc2C)[C@H](c2ccco2)C(C#N)=C(SCC(=O)Nc2ccc(C)c(Cl)c2)N1. The van der Waals surface area contributed by atoms with Gasteiger partial charge in [0.15, 0.2) is 0 Å². The summed E-state index contributed by atoms with van der Waals surface area (Å²) in [4.78, 5) is 26.1. The number of aryl methyl sites for hydroxylation is 2. The van der Waals surface area contributed by atoms with Gasteiger partial charge < -0.3 is 20.4 Å². The summed E-state index contributed by atoms with van der Waals surface area (Å²) in [6, 6.07) is 18.5. The number of amides is 2. The highest BCUT2D eigenvalue weighted by molar-refractivity contribution is 8.03. The van der Waals surface area contributed by atoms with E-state index in [1.54, 1.807) is 31.2 Å². The van der Waals surface area contributed by atoms with E-state index in [-0.39, 0.29) is 17.6 Å². The van der Waals surface area contributed by atoms with Crippen molar-refractivity contribution in [3.8, 4) is 6.07 Å². The molecule has 0 radical (unpaired) electrons. The number of allylic oxidation sites excluding steroid dienone is 2. The summed E-state index contributed by atoms with van der Waals surface area (Å²) >= 11 is 7.34. The molecule has 3 aromatic rings. The van der Waals surface area contributed by atoms with Crippen LogP contribution in [0.4, 0.5) is 11.4 Å². The summed E-state index contributed by atoms with van der Waals surface area (Å²) in [5.74, 6) is -0.819. The van der Waals surface area contributed by atoms with Crippen LogP contribution in [0.25, 0.3) is 0 Å². The third-order valence-corrected chi connectivity index (χ3v) is 7.34. The lowest BCUT2D eigenvalue weighted by molar-refractivity contribution is -0.114. The number of carbonyl (C=O) groups is 2. The molecule has 2 aromatic carbocycles. The monoisotopic (exact) mass is 532 g/mol. The molecule has 37 heavy (non-hydrogen) atoms. The van der Waals surface area contributed by atoms with Crippen LogP contribution in [0, 0.1) is 25.2 Å². The summed E-state index contributed by atoms with van der Waals surface area (Å²) < 4.78 is 5.65. The zero-order valence-corrected chi connectivity index (χ0v) is 22.1. The van der Waals surface area contributed by atoms with Crippen molar-refractivity contribution in [2.75, 3.05) is 16.4 Å². The molecule has 2 heterocycles. The minimum Gasteiger partial charge on any atom is -0.468 e. The van der Waals surface area contributed by atoms with Gasteiger partial charge in [-0.05, 0) is 62.2 Å². The zero-order valence-electron chi connectivity index (χ0n) is 20.5. The number of nitriles is 1. The summed E-state index contributed by atoms with van der Waals surface area (Å²) in [6.07, 6.45) is 1.51. The maximum Gasteiger partial charge on any atom is 0.254 e. The van der Waals surface area contributed by atoms with E-state index in [2.05, 4.69) is 22.0 Å². The molecule has 1 aliphatic rings. The molecule has 0 fully saturated rings. The summed E-state index contributed by atoms with van der Waals surface area (Å²) in [6.45, 7) is 5.56. The van der Waals surface area contributed by atoms with Gasteiger partial charge in [0.2, 0.25) is 5.91 Å². The molecule has 9 heteroatoms. The smallest absolute Gasteiger partial charge is 0.254 e. The van der Waals surface area contributed by atoms with Gasteiger partial charge in [0.25, 0.3) is 5.91 Å². The Bertz CT molecular complexity index is 1450. The number of nitrogens with zero attached hydrogens (tertiary/aromatic N) is 1. The Hall–Kier alpha value is -3.93. The van der Waals surface area contributed by atoms with E-state index in [1.165, 1.54) is 18.0 Å². The lowest BCUT2D eigenvalue weighted by atomic mass is 9.85. The van der Waals surface area contributed by atoms with E-state index in [0.717, 1.165) is 11.1 Å². The van der Waals surface area contributed by atoms with Crippen molar-refractivity contribution in [2.45, 2.75) is 26.7 Å². The van der Waals surface area contributed by atoms with Crippen molar-refractivity contribution >= 4 is 46.6 Å². The largest absolute Gasteiger partial charge is 0.468 e. The first-order valence-electron chi connectivity index (χ1n) is 11.5. The van der Waals surface area contributed by atoms with E-state index in [1.807, 2.05) is 44.2 Å². The predicted octanol–water partition coefficient (Wildman–Crippen LogP) is 6.26. The highest BCUT2D eigenvalue weighted by Gasteiger charge is 2.36. The highest BCUT2D eigenvalue weighted by atomic mass is 35.5. The summed E-state index contributed by atoms with van der Waals surface area (Å²) in [5.41, 5.74) is 4.34. The second-order valence-electron chi connectivity index (χ2n) is 8.54. The van der Waals surface area contributed by atoms with E-state index < -0.39 is 5.92 Å². The van der Waals surface area contributed by atoms with Crippen molar-refractivity contribution < 1.29 is 14.0 Å². The number of thioether (sulfide) groups is 1. The van der Waals surface area contributed by atoms with E-state index in [0.29, 0.717) is 44.0 Å². The number of anilines is 2. The van der Waals surface area contributed by atoms with E-state index >= 15 is 0 Å². The molecule has 188 valence electrons. The Morgan fingerprint density at radius 3 is 2.54 bits per heavy atom. The number of furan rings is 1. The van der Waals surface area contributed by atoms with Crippen molar-refractivity contribution in [1.82, 2.24) is 5.32 Å². The molecule has 3 N–H and O–H groups in total.